The van der Waals surface area contributed by atoms with E-state index in [1.807, 2.05) is 0 Å². The zero-order valence-electron chi connectivity index (χ0n) is 11.7. The van der Waals surface area contributed by atoms with Gasteiger partial charge in [-0.25, -0.2) is 8.42 Å². The fraction of sp³-hybridized carbons (Fsp3) is 0.357. The Bertz CT molecular complexity index is 568. The van der Waals surface area contributed by atoms with Crippen molar-refractivity contribution in [3.63, 3.8) is 0 Å². The molecule has 1 unspecified atom stereocenters. The summed E-state index contributed by atoms with van der Waals surface area (Å²) in [5.41, 5.74) is 0. The normalized spacial score (nSPS) is 13.2. The SMILES string of the molecule is COCC(O)CCNC(=O)/C=C/S(=O)(=O)c1ccccc1. The van der Waals surface area contributed by atoms with E-state index in [2.05, 4.69) is 5.32 Å². The topological polar surface area (TPSA) is 92.7 Å². The smallest absolute Gasteiger partial charge is 0.244 e. The third-order valence-electron chi connectivity index (χ3n) is 2.61. The number of hydrogen-bond acceptors (Lipinski definition) is 5. The third-order valence-corrected chi connectivity index (χ3v) is 4.03. The summed E-state index contributed by atoms with van der Waals surface area (Å²) in [5.74, 6) is -0.529. The maximum absolute atomic E-state index is 11.9. The van der Waals surface area contributed by atoms with E-state index >= 15 is 0 Å². The molecule has 1 aromatic rings. The fourth-order valence-electron chi connectivity index (χ4n) is 1.54. The summed E-state index contributed by atoms with van der Waals surface area (Å²) in [6.07, 6.45) is 0.636. The van der Waals surface area contributed by atoms with Gasteiger partial charge in [-0.1, -0.05) is 18.2 Å². The van der Waals surface area contributed by atoms with E-state index in [4.69, 9.17) is 4.74 Å². The minimum Gasteiger partial charge on any atom is -0.391 e. The molecule has 0 spiro atoms. The number of benzene rings is 1. The Labute approximate surface area is 124 Å². The molecular weight excluding hydrogens is 294 g/mol. The van der Waals surface area contributed by atoms with Gasteiger partial charge in [0, 0.05) is 25.1 Å². The monoisotopic (exact) mass is 313 g/mol. The standard InChI is InChI=1S/C14H19NO5S/c1-20-11-12(16)7-9-15-14(17)8-10-21(18,19)13-5-3-2-4-6-13/h2-6,8,10,12,16H,7,9,11H2,1H3,(H,15,17)/b10-8+. The molecule has 1 amide bonds. The van der Waals surface area contributed by atoms with Crippen molar-refractivity contribution in [3.8, 4) is 0 Å². The number of ether oxygens (including phenoxy) is 1. The van der Waals surface area contributed by atoms with Crippen LogP contribution < -0.4 is 5.32 Å². The summed E-state index contributed by atoms with van der Waals surface area (Å²) in [6, 6.07) is 7.84. The van der Waals surface area contributed by atoms with Gasteiger partial charge >= 0.3 is 0 Å². The molecule has 0 bridgehead atoms. The fourth-order valence-corrected chi connectivity index (χ4v) is 2.53. The molecule has 7 heteroatoms. The van der Waals surface area contributed by atoms with Crippen molar-refractivity contribution in [2.24, 2.45) is 0 Å². The van der Waals surface area contributed by atoms with E-state index in [1.165, 1.54) is 19.2 Å². The molecule has 6 nitrogen and oxygen atoms in total. The highest BCUT2D eigenvalue weighted by atomic mass is 32.2. The van der Waals surface area contributed by atoms with Gasteiger partial charge in [-0.15, -0.1) is 0 Å². The van der Waals surface area contributed by atoms with Crippen LogP contribution in [0.15, 0.2) is 46.7 Å². The first-order valence-electron chi connectivity index (χ1n) is 6.39. The van der Waals surface area contributed by atoms with Crippen LogP contribution in [0, 0.1) is 0 Å². The Morgan fingerprint density at radius 1 is 1.38 bits per heavy atom. The second-order valence-electron chi connectivity index (χ2n) is 4.35. The molecule has 0 aliphatic rings. The van der Waals surface area contributed by atoms with Gasteiger partial charge in [0.25, 0.3) is 0 Å². The zero-order chi connectivity index (χ0) is 15.7. The van der Waals surface area contributed by atoms with E-state index in [-0.39, 0.29) is 18.0 Å². The molecule has 0 aliphatic carbocycles. The quantitative estimate of drug-likeness (QED) is 0.681. The van der Waals surface area contributed by atoms with E-state index in [1.54, 1.807) is 18.2 Å². The minimum atomic E-state index is -3.62. The summed E-state index contributed by atoms with van der Waals surface area (Å²) < 4.78 is 28.5. The van der Waals surface area contributed by atoms with E-state index in [0.717, 1.165) is 11.5 Å². The predicted molar refractivity (Wildman–Crippen MR) is 78.3 cm³/mol. The van der Waals surface area contributed by atoms with Gasteiger partial charge < -0.3 is 15.2 Å². The highest BCUT2D eigenvalue weighted by Gasteiger charge is 2.10. The predicted octanol–water partition coefficient (Wildman–Crippen LogP) is 0.488. The second-order valence-corrected chi connectivity index (χ2v) is 6.18. The maximum atomic E-state index is 11.9. The van der Waals surface area contributed by atoms with Crippen molar-refractivity contribution in [2.45, 2.75) is 17.4 Å². The van der Waals surface area contributed by atoms with Gasteiger partial charge in [-0.3, -0.25) is 4.79 Å². The number of nitrogens with one attached hydrogen (secondary N) is 1. The van der Waals surface area contributed by atoms with Gasteiger partial charge in [-0.05, 0) is 18.6 Å². The number of amides is 1. The van der Waals surface area contributed by atoms with Crippen LogP contribution in [-0.4, -0.2) is 45.8 Å². The summed E-state index contributed by atoms with van der Waals surface area (Å²) in [6.45, 7) is 0.424. The number of rotatable bonds is 8. The van der Waals surface area contributed by atoms with E-state index < -0.39 is 21.8 Å². The van der Waals surface area contributed by atoms with Gasteiger partial charge in [0.1, 0.15) is 0 Å². The molecule has 21 heavy (non-hydrogen) atoms. The van der Waals surface area contributed by atoms with Crippen LogP contribution in [-0.2, 0) is 19.4 Å². The summed E-state index contributed by atoms with van der Waals surface area (Å²) >= 11 is 0. The third kappa shape index (κ3) is 6.52. The molecular formula is C14H19NO5S. The summed E-state index contributed by atoms with van der Waals surface area (Å²) in [7, 11) is -2.14. The van der Waals surface area contributed by atoms with Crippen LogP contribution >= 0.6 is 0 Å². The number of aliphatic hydroxyl groups excluding tert-OH is 1. The number of carbonyl (C=O) groups is 1. The number of aliphatic hydroxyl groups is 1. The molecule has 0 aliphatic heterocycles. The van der Waals surface area contributed by atoms with Gasteiger partial charge in [0.05, 0.1) is 17.6 Å². The Kier molecular flexibility index (Phi) is 7.07. The van der Waals surface area contributed by atoms with Crippen molar-refractivity contribution < 1.29 is 23.1 Å². The van der Waals surface area contributed by atoms with Gasteiger partial charge in [-0.2, -0.15) is 0 Å². The summed E-state index contributed by atoms with van der Waals surface area (Å²) in [5, 5.41) is 12.7. The van der Waals surface area contributed by atoms with Crippen molar-refractivity contribution in [1.29, 1.82) is 0 Å². The molecule has 0 fully saturated rings. The van der Waals surface area contributed by atoms with Gasteiger partial charge in [0.2, 0.25) is 5.91 Å². The number of methoxy groups -OCH3 is 1. The lowest BCUT2D eigenvalue weighted by atomic mass is 10.2. The van der Waals surface area contributed by atoms with Crippen LogP contribution in [0.5, 0.6) is 0 Å². The van der Waals surface area contributed by atoms with Crippen LogP contribution in [0.4, 0.5) is 0 Å². The molecule has 116 valence electrons. The minimum absolute atomic E-state index is 0.129. The van der Waals surface area contributed by atoms with Crippen LogP contribution in [0.1, 0.15) is 6.42 Å². The molecule has 0 saturated heterocycles. The van der Waals surface area contributed by atoms with Crippen molar-refractivity contribution in [2.75, 3.05) is 20.3 Å². The molecule has 0 radical (unpaired) electrons. The molecule has 1 aromatic carbocycles. The molecule has 0 saturated carbocycles. The second kappa shape index (κ2) is 8.56. The highest BCUT2D eigenvalue weighted by Crippen LogP contribution is 2.10. The van der Waals surface area contributed by atoms with Crippen molar-refractivity contribution in [1.82, 2.24) is 5.32 Å². The van der Waals surface area contributed by atoms with Gasteiger partial charge in [0.15, 0.2) is 9.84 Å². The zero-order valence-corrected chi connectivity index (χ0v) is 12.5. The Morgan fingerprint density at radius 3 is 2.67 bits per heavy atom. The van der Waals surface area contributed by atoms with Crippen LogP contribution in [0.2, 0.25) is 0 Å². The van der Waals surface area contributed by atoms with E-state index in [0.29, 0.717) is 6.42 Å². The average molecular weight is 313 g/mol. The Balaban J connectivity index is 2.47. The van der Waals surface area contributed by atoms with Crippen molar-refractivity contribution in [3.05, 3.63) is 41.8 Å². The molecule has 1 rings (SSSR count). The largest absolute Gasteiger partial charge is 0.391 e. The number of hydrogen-bond donors (Lipinski definition) is 2. The lowest BCUT2D eigenvalue weighted by Crippen LogP contribution is -2.27. The first-order valence-corrected chi connectivity index (χ1v) is 7.93. The van der Waals surface area contributed by atoms with E-state index in [9.17, 15) is 18.3 Å². The lowest BCUT2D eigenvalue weighted by Gasteiger charge is -2.08. The number of carbonyl (C=O) groups excluding carboxylic acids is 1. The first kappa shape index (κ1) is 17.4. The molecule has 1 atom stereocenters. The lowest BCUT2D eigenvalue weighted by molar-refractivity contribution is -0.116. The molecule has 0 aromatic heterocycles. The van der Waals surface area contributed by atoms with Crippen LogP contribution in [0.25, 0.3) is 0 Å². The first-order chi connectivity index (χ1) is 9.95. The van der Waals surface area contributed by atoms with Crippen LogP contribution in [0.3, 0.4) is 0 Å². The average Bonchev–Trinajstić information content (AvgIpc) is 2.46. The maximum Gasteiger partial charge on any atom is 0.244 e. The Hall–Kier alpha value is -1.70. The van der Waals surface area contributed by atoms with Crippen molar-refractivity contribution >= 4 is 15.7 Å². The highest BCUT2D eigenvalue weighted by molar-refractivity contribution is 7.94. The molecule has 0 heterocycles. The summed E-state index contributed by atoms with van der Waals surface area (Å²) in [4.78, 5) is 11.6. The number of sulfone groups is 1. The molecule has 2 N–H and O–H groups in total. The Morgan fingerprint density at radius 2 is 2.05 bits per heavy atom.